The van der Waals surface area contributed by atoms with Gasteiger partial charge in [0.05, 0.1) is 18.3 Å². The van der Waals surface area contributed by atoms with Crippen LogP contribution in [0.25, 0.3) is 0 Å². The maximum atomic E-state index is 13.3. The fraction of sp³-hybridized carbons (Fsp3) is 0.900. The number of carbonyl (C=O) groups is 2. The van der Waals surface area contributed by atoms with Crippen molar-refractivity contribution in [2.24, 2.45) is 10.8 Å². The van der Waals surface area contributed by atoms with Crippen molar-refractivity contribution in [3.05, 3.63) is 0 Å². The molecule has 0 saturated carbocycles. The predicted octanol–water partition coefficient (Wildman–Crippen LogP) is 4.52. The molecule has 0 bridgehead atoms. The van der Waals surface area contributed by atoms with Gasteiger partial charge in [0.25, 0.3) is 5.78 Å². The molecule has 0 unspecified atom stereocenters. The lowest BCUT2D eigenvalue weighted by atomic mass is 9.63. The Morgan fingerprint density at radius 1 is 0.720 bits per heavy atom. The lowest BCUT2D eigenvalue weighted by Gasteiger charge is -2.42. The minimum atomic E-state index is -2.02. The van der Waals surface area contributed by atoms with Gasteiger partial charge in [0.15, 0.2) is 0 Å². The summed E-state index contributed by atoms with van der Waals surface area (Å²) in [6, 6.07) is 0. The van der Waals surface area contributed by atoms with Gasteiger partial charge in [0.1, 0.15) is 0 Å². The van der Waals surface area contributed by atoms with Crippen molar-refractivity contribution in [2.45, 2.75) is 107 Å². The summed E-state index contributed by atoms with van der Waals surface area (Å²) in [5.74, 6) is -3.34. The average Bonchev–Trinajstić information content (AvgIpc) is 2.42. The number of ketones is 2. The molecule has 0 aliphatic carbocycles. The van der Waals surface area contributed by atoms with E-state index in [1.807, 2.05) is 20.8 Å². The Morgan fingerprint density at radius 3 is 1.28 bits per heavy atom. The van der Waals surface area contributed by atoms with Crippen molar-refractivity contribution in [3.8, 4) is 0 Å². The van der Waals surface area contributed by atoms with Crippen LogP contribution in [-0.4, -0.2) is 35.9 Å². The second kappa shape index (κ2) is 8.74. The third kappa shape index (κ3) is 5.87. The molecule has 0 aliphatic rings. The minimum absolute atomic E-state index is 0.350. The molecular weight excluding hydrogens is 320 g/mol. The summed E-state index contributed by atoms with van der Waals surface area (Å²) >= 11 is 0. The van der Waals surface area contributed by atoms with Crippen LogP contribution in [0, 0.1) is 10.8 Å². The summed E-state index contributed by atoms with van der Waals surface area (Å²) in [7, 11) is 0. The van der Waals surface area contributed by atoms with Gasteiger partial charge in [-0.25, -0.2) is 0 Å². The van der Waals surface area contributed by atoms with Crippen molar-refractivity contribution in [1.29, 1.82) is 0 Å². The number of Topliss-reactive ketones (excluding diaryl/α,β-unsaturated/α-hetero) is 2. The first kappa shape index (κ1) is 24.2. The zero-order chi connectivity index (χ0) is 20.2. The van der Waals surface area contributed by atoms with Gasteiger partial charge < -0.3 is 14.2 Å². The van der Waals surface area contributed by atoms with Crippen molar-refractivity contribution >= 4 is 11.6 Å². The van der Waals surface area contributed by atoms with E-state index < -0.39 is 23.0 Å². The lowest BCUT2D eigenvalue weighted by Crippen LogP contribution is -2.57. The van der Waals surface area contributed by atoms with E-state index in [-0.39, 0.29) is 23.7 Å². The van der Waals surface area contributed by atoms with Crippen LogP contribution in [0.4, 0.5) is 0 Å². The summed E-state index contributed by atoms with van der Waals surface area (Å²) in [5, 5.41) is 0. The topological polar surface area (TPSA) is 61.8 Å². The van der Waals surface area contributed by atoms with Crippen LogP contribution in [-0.2, 0) is 23.8 Å². The highest BCUT2D eigenvalue weighted by Crippen LogP contribution is 2.43. The third-order valence-corrected chi connectivity index (χ3v) is 4.80. The zero-order valence-electron chi connectivity index (χ0n) is 18.0. The van der Waals surface area contributed by atoms with Gasteiger partial charge in [0, 0.05) is 5.41 Å². The summed E-state index contributed by atoms with van der Waals surface area (Å²) in [6.45, 7) is 20.2. The van der Waals surface area contributed by atoms with Crippen molar-refractivity contribution < 1.29 is 23.8 Å². The molecule has 0 fully saturated rings. The molecule has 0 radical (unpaired) electrons. The molecule has 0 atom stereocenters. The second-order valence-corrected chi connectivity index (χ2v) is 8.58. The van der Waals surface area contributed by atoms with Gasteiger partial charge in [-0.3, -0.25) is 9.59 Å². The fourth-order valence-electron chi connectivity index (χ4n) is 2.35. The monoisotopic (exact) mass is 358 g/mol. The number of carbonyl (C=O) groups excluding carboxylic acids is 2. The molecular formula is C20H38O5. The van der Waals surface area contributed by atoms with E-state index in [2.05, 4.69) is 0 Å². The molecule has 0 saturated heterocycles. The van der Waals surface area contributed by atoms with Gasteiger partial charge in [0.2, 0.25) is 5.78 Å². The predicted molar refractivity (Wildman–Crippen MR) is 99.3 cm³/mol. The van der Waals surface area contributed by atoms with Crippen LogP contribution in [0.2, 0.25) is 0 Å². The summed E-state index contributed by atoms with van der Waals surface area (Å²) in [5.41, 5.74) is -1.25. The summed E-state index contributed by atoms with van der Waals surface area (Å²) in [4.78, 5) is 26.4. The van der Waals surface area contributed by atoms with Gasteiger partial charge in [-0.2, -0.15) is 0 Å². The normalized spacial score (nSPS) is 13.8. The highest BCUT2D eigenvalue weighted by Gasteiger charge is 2.55. The average molecular weight is 359 g/mol. The number of hydrogen-bond acceptors (Lipinski definition) is 5. The van der Waals surface area contributed by atoms with E-state index >= 15 is 0 Å². The van der Waals surface area contributed by atoms with Gasteiger partial charge in [-0.05, 0) is 47.0 Å². The first-order chi connectivity index (χ1) is 11.1. The van der Waals surface area contributed by atoms with Crippen LogP contribution in [0.1, 0.15) is 82.6 Å². The van der Waals surface area contributed by atoms with Gasteiger partial charge >= 0.3 is 5.97 Å². The Bertz CT molecular complexity index is 434. The molecule has 0 aromatic carbocycles. The quantitative estimate of drug-likeness (QED) is 0.401. The molecule has 5 nitrogen and oxygen atoms in total. The summed E-state index contributed by atoms with van der Waals surface area (Å²) in [6.07, 6.45) is -0.294. The smallest absolute Gasteiger partial charge is 0.318 e. The van der Waals surface area contributed by atoms with Crippen LogP contribution < -0.4 is 0 Å². The van der Waals surface area contributed by atoms with Crippen LogP contribution in [0.3, 0.4) is 0 Å². The Balaban J connectivity index is 6.07. The fourth-order valence-corrected chi connectivity index (χ4v) is 2.35. The zero-order valence-corrected chi connectivity index (χ0v) is 18.0. The molecule has 0 aliphatic heterocycles. The Hall–Kier alpha value is -0.780. The molecule has 0 aromatic heterocycles. The number of hydrogen-bond donors (Lipinski definition) is 0. The summed E-state index contributed by atoms with van der Waals surface area (Å²) < 4.78 is 17.3. The van der Waals surface area contributed by atoms with Gasteiger partial charge in [-0.15, -0.1) is 0 Å². The first-order valence-corrected chi connectivity index (χ1v) is 9.25. The third-order valence-electron chi connectivity index (χ3n) is 4.80. The van der Waals surface area contributed by atoms with E-state index in [0.717, 1.165) is 6.42 Å². The van der Waals surface area contributed by atoms with E-state index in [0.29, 0.717) is 0 Å². The molecule has 0 N–H and O–H groups in total. The lowest BCUT2D eigenvalue weighted by molar-refractivity contribution is -0.380. The maximum absolute atomic E-state index is 13.3. The largest absolute Gasteiger partial charge is 0.355 e. The van der Waals surface area contributed by atoms with Gasteiger partial charge in [-0.1, -0.05) is 41.0 Å². The van der Waals surface area contributed by atoms with E-state index in [9.17, 15) is 9.59 Å². The molecule has 0 heterocycles. The molecule has 0 rings (SSSR count). The molecule has 148 valence electrons. The van der Waals surface area contributed by atoms with E-state index in [1.165, 1.54) is 0 Å². The van der Waals surface area contributed by atoms with Crippen molar-refractivity contribution in [2.75, 3.05) is 0 Å². The molecule has 5 heteroatoms. The van der Waals surface area contributed by atoms with Crippen molar-refractivity contribution in [1.82, 2.24) is 0 Å². The molecule has 25 heavy (non-hydrogen) atoms. The maximum Gasteiger partial charge on any atom is 0.355 e. The van der Waals surface area contributed by atoms with E-state index in [4.69, 9.17) is 14.2 Å². The van der Waals surface area contributed by atoms with Crippen LogP contribution in [0.5, 0.6) is 0 Å². The number of ether oxygens (including phenoxy) is 3. The number of rotatable bonds is 11. The Morgan fingerprint density at radius 2 is 1.04 bits per heavy atom. The van der Waals surface area contributed by atoms with E-state index in [1.54, 1.807) is 55.4 Å². The SMILES string of the molecule is CCC(C)(C)C(C)(C)C(=O)C(=O)C(OC(C)C)(OC(C)C)OC(C)C. The van der Waals surface area contributed by atoms with Crippen molar-refractivity contribution in [3.63, 3.8) is 0 Å². The standard InChI is InChI=1S/C20H38O5/c1-12-18(8,9)19(10,11)16(21)17(22)20(23-13(2)3,24-14(4)5)25-15(6)7/h13-15H,12H2,1-11H3. The second-order valence-electron chi connectivity index (χ2n) is 8.58. The minimum Gasteiger partial charge on any atom is -0.318 e. The molecule has 0 aromatic rings. The molecule has 0 spiro atoms. The highest BCUT2D eigenvalue weighted by molar-refractivity contribution is 6.41. The first-order valence-electron chi connectivity index (χ1n) is 9.25. The Kier molecular flexibility index (Phi) is 8.47. The highest BCUT2D eigenvalue weighted by atomic mass is 16.9. The molecule has 0 amide bonds. The Labute approximate surface area is 153 Å². The van der Waals surface area contributed by atoms with Crippen LogP contribution >= 0.6 is 0 Å². The van der Waals surface area contributed by atoms with Crippen LogP contribution in [0.15, 0.2) is 0 Å².